The lowest BCUT2D eigenvalue weighted by Crippen LogP contribution is -2.34. The molecule has 0 spiro atoms. The molecule has 0 fully saturated rings. The number of aryl methyl sites for hydroxylation is 1. The summed E-state index contributed by atoms with van der Waals surface area (Å²) in [6, 6.07) is 8.26. The van der Waals surface area contributed by atoms with Crippen molar-refractivity contribution in [2.24, 2.45) is 5.92 Å². The maximum Gasteiger partial charge on any atom is 0.227 e. The molecule has 1 aliphatic carbocycles. The van der Waals surface area contributed by atoms with Crippen molar-refractivity contribution < 1.29 is 9.90 Å². The summed E-state index contributed by atoms with van der Waals surface area (Å²) in [6.07, 6.45) is 3.85. The van der Waals surface area contributed by atoms with Crippen molar-refractivity contribution in [3.63, 3.8) is 0 Å². The van der Waals surface area contributed by atoms with E-state index >= 15 is 0 Å². The van der Waals surface area contributed by atoms with Gasteiger partial charge in [-0.1, -0.05) is 31.2 Å². The number of hydrogen-bond donors (Lipinski definition) is 2. The molecule has 2 atom stereocenters. The molecule has 0 saturated carbocycles. The molecule has 0 heterocycles. The van der Waals surface area contributed by atoms with Crippen molar-refractivity contribution >= 4 is 5.91 Å². The number of fused-ring (bicyclic) bond motifs is 1. The largest absolute Gasteiger partial charge is 0.396 e. The Labute approximate surface area is 115 Å². The van der Waals surface area contributed by atoms with Crippen LogP contribution < -0.4 is 5.32 Å². The van der Waals surface area contributed by atoms with Crippen LogP contribution in [-0.2, 0) is 11.2 Å². The van der Waals surface area contributed by atoms with Crippen molar-refractivity contribution in [1.29, 1.82) is 0 Å². The number of amides is 1. The van der Waals surface area contributed by atoms with Crippen LogP contribution in [0.5, 0.6) is 0 Å². The molecule has 2 rings (SSSR count). The second-order valence-corrected chi connectivity index (χ2v) is 5.51. The van der Waals surface area contributed by atoms with Crippen LogP contribution in [0.1, 0.15) is 43.2 Å². The van der Waals surface area contributed by atoms with Gasteiger partial charge in [0.25, 0.3) is 0 Å². The summed E-state index contributed by atoms with van der Waals surface area (Å²) in [4.78, 5) is 12.3. The van der Waals surface area contributed by atoms with E-state index in [9.17, 15) is 4.79 Å². The number of carbonyl (C=O) groups is 1. The van der Waals surface area contributed by atoms with Gasteiger partial charge in [0, 0.05) is 13.2 Å². The van der Waals surface area contributed by atoms with Crippen LogP contribution in [0.4, 0.5) is 0 Å². The molecule has 1 aliphatic rings. The third kappa shape index (κ3) is 3.57. The number of rotatable bonds is 5. The zero-order chi connectivity index (χ0) is 13.7. The first-order chi connectivity index (χ1) is 9.22. The SMILES string of the molecule is CC(CCO)CNC(=O)C1CCCc2ccccc21. The Morgan fingerprint density at radius 3 is 3.05 bits per heavy atom. The predicted octanol–water partition coefficient (Wildman–Crippen LogP) is 2.24. The Kier molecular flexibility index (Phi) is 4.97. The normalized spacial score (nSPS) is 19.6. The van der Waals surface area contributed by atoms with Crippen LogP contribution in [0.2, 0.25) is 0 Å². The highest BCUT2D eigenvalue weighted by molar-refractivity contribution is 5.84. The maximum atomic E-state index is 12.3. The fourth-order valence-electron chi connectivity index (χ4n) is 2.75. The third-order valence-electron chi connectivity index (χ3n) is 3.93. The number of hydrogen-bond acceptors (Lipinski definition) is 2. The van der Waals surface area contributed by atoms with Crippen molar-refractivity contribution in [2.75, 3.05) is 13.2 Å². The minimum absolute atomic E-state index is 0.00581. The number of carbonyl (C=O) groups excluding carboxylic acids is 1. The fourth-order valence-corrected chi connectivity index (χ4v) is 2.75. The Morgan fingerprint density at radius 2 is 2.26 bits per heavy atom. The number of aliphatic hydroxyl groups is 1. The van der Waals surface area contributed by atoms with E-state index in [-0.39, 0.29) is 18.4 Å². The van der Waals surface area contributed by atoms with Gasteiger partial charge in [0.1, 0.15) is 0 Å². The molecule has 2 unspecified atom stereocenters. The summed E-state index contributed by atoms with van der Waals surface area (Å²) >= 11 is 0. The van der Waals surface area contributed by atoms with E-state index in [2.05, 4.69) is 17.4 Å². The van der Waals surface area contributed by atoms with Crippen LogP contribution in [0.25, 0.3) is 0 Å². The Morgan fingerprint density at radius 1 is 1.47 bits per heavy atom. The highest BCUT2D eigenvalue weighted by Gasteiger charge is 2.25. The van der Waals surface area contributed by atoms with Crippen molar-refractivity contribution in [2.45, 2.75) is 38.5 Å². The Balaban J connectivity index is 1.97. The molecule has 3 heteroatoms. The minimum atomic E-state index is 0.00581. The first-order valence-corrected chi connectivity index (χ1v) is 7.18. The third-order valence-corrected chi connectivity index (χ3v) is 3.93. The number of nitrogens with one attached hydrogen (secondary N) is 1. The van der Waals surface area contributed by atoms with Crippen LogP contribution in [0.3, 0.4) is 0 Å². The standard InChI is InChI=1S/C16H23NO2/c1-12(9-10-18)11-17-16(19)15-8-4-6-13-5-2-3-7-14(13)15/h2-3,5,7,12,15,18H,4,6,8-11H2,1H3,(H,17,19). The smallest absolute Gasteiger partial charge is 0.227 e. The Bertz CT molecular complexity index is 431. The molecule has 0 aliphatic heterocycles. The molecule has 0 saturated heterocycles. The Hall–Kier alpha value is -1.35. The molecule has 104 valence electrons. The van der Waals surface area contributed by atoms with Gasteiger partial charge in [-0.25, -0.2) is 0 Å². The van der Waals surface area contributed by atoms with E-state index in [4.69, 9.17) is 5.11 Å². The molecular weight excluding hydrogens is 238 g/mol. The van der Waals surface area contributed by atoms with Gasteiger partial charge >= 0.3 is 0 Å². The van der Waals surface area contributed by atoms with Gasteiger partial charge < -0.3 is 10.4 Å². The van der Waals surface area contributed by atoms with Gasteiger partial charge in [0.15, 0.2) is 0 Å². The van der Waals surface area contributed by atoms with Crippen LogP contribution in [-0.4, -0.2) is 24.2 Å². The minimum Gasteiger partial charge on any atom is -0.396 e. The van der Waals surface area contributed by atoms with Crippen LogP contribution >= 0.6 is 0 Å². The highest BCUT2D eigenvalue weighted by atomic mass is 16.3. The van der Waals surface area contributed by atoms with Crippen LogP contribution in [0, 0.1) is 5.92 Å². The van der Waals surface area contributed by atoms with E-state index in [1.165, 1.54) is 11.1 Å². The van der Waals surface area contributed by atoms with E-state index in [0.717, 1.165) is 25.7 Å². The summed E-state index contributed by atoms with van der Waals surface area (Å²) in [5, 5.41) is 11.9. The topological polar surface area (TPSA) is 49.3 Å². The molecule has 2 N–H and O–H groups in total. The van der Waals surface area contributed by atoms with E-state index in [1.54, 1.807) is 0 Å². The maximum absolute atomic E-state index is 12.3. The molecule has 0 aromatic heterocycles. The van der Waals surface area contributed by atoms with Gasteiger partial charge in [0.2, 0.25) is 5.91 Å². The van der Waals surface area contributed by atoms with E-state index < -0.39 is 0 Å². The number of aliphatic hydroxyl groups excluding tert-OH is 1. The zero-order valence-corrected chi connectivity index (χ0v) is 11.6. The van der Waals surface area contributed by atoms with Crippen LogP contribution in [0.15, 0.2) is 24.3 Å². The summed E-state index contributed by atoms with van der Waals surface area (Å²) in [7, 11) is 0. The zero-order valence-electron chi connectivity index (χ0n) is 11.6. The second kappa shape index (κ2) is 6.71. The van der Waals surface area contributed by atoms with Crippen molar-refractivity contribution in [1.82, 2.24) is 5.32 Å². The highest BCUT2D eigenvalue weighted by Crippen LogP contribution is 2.31. The summed E-state index contributed by atoms with van der Waals surface area (Å²) < 4.78 is 0. The summed E-state index contributed by atoms with van der Waals surface area (Å²) in [6.45, 7) is 2.88. The van der Waals surface area contributed by atoms with Gasteiger partial charge in [0.05, 0.1) is 5.92 Å². The summed E-state index contributed by atoms with van der Waals surface area (Å²) in [5.41, 5.74) is 2.51. The average Bonchev–Trinajstić information content (AvgIpc) is 2.44. The van der Waals surface area contributed by atoms with Gasteiger partial charge in [-0.05, 0) is 42.7 Å². The first-order valence-electron chi connectivity index (χ1n) is 7.18. The summed E-state index contributed by atoms with van der Waals surface area (Å²) in [5.74, 6) is 0.469. The lowest BCUT2D eigenvalue weighted by atomic mass is 9.82. The molecule has 1 aromatic rings. The fraction of sp³-hybridized carbons (Fsp3) is 0.562. The van der Waals surface area contributed by atoms with Gasteiger partial charge in [-0.2, -0.15) is 0 Å². The first kappa shape index (κ1) is 14.1. The molecule has 3 nitrogen and oxygen atoms in total. The van der Waals surface area contributed by atoms with E-state index in [1.807, 2.05) is 19.1 Å². The molecular formula is C16H23NO2. The lowest BCUT2D eigenvalue weighted by Gasteiger charge is -2.25. The molecule has 0 bridgehead atoms. The monoisotopic (exact) mass is 261 g/mol. The van der Waals surface area contributed by atoms with Crippen molar-refractivity contribution in [3.8, 4) is 0 Å². The molecule has 19 heavy (non-hydrogen) atoms. The van der Waals surface area contributed by atoms with Crippen molar-refractivity contribution in [3.05, 3.63) is 35.4 Å². The average molecular weight is 261 g/mol. The second-order valence-electron chi connectivity index (χ2n) is 5.51. The molecule has 1 aromatic carbocycles. The predicted molar refractivity (Wildman–Crippen MR) is 76.0 cm³/mol. The lowest BCUT2D eigenvalue weighted by molar-refractivity contribution is -0.123. The number of benzene rings is 1. The van der Waals surface area contributed by atoms with Gasteiger partial charge in [-0.3, -0.25) is 4.79 Å². The molecule has 1 amide bonds. The quantitative estimate of drug-likeness (QED) is 0.854. The van der Waals surface area contributed by atoms with Gasteiger partial charge in [-0.15, -0.1) is 0 Å². The van der Waals surface area contributed by atoms with E-state index in [0.29, 0.717) is 12.5 Å². The molecule has 0 radical (unpaired) electrons.